The van der Waals surface area contributed by atoms with Crippen molar-refractivity contribution < 1.29 is 0 Å². The van der Waals surface area contributed by atoms with E-state index in [4.69, 9.17) is 0 Å². The summed E-state index contributed by atoms with van der Waals surface area (Å²) >= 11 is 0. The molecule has 0 saturated carbocycles. The highest BCUT2D eigenvalue weighted by molar-refractivity contribution is 9.14. The van der Waals surface area contributed by atoms with Gasteiger partial charge in [-0.15, -0.1) is 0 Å². The Morgan fingerprint density at radius 2 is 0.554 bits per heavy atom. The van der Waals surface area contributed by atoms with E-state index in [0.717, 1.165) is 30.1 Å². The molecule has 0 N–H and O–H groups in total. The van der Waals surface area contributed by atoms with Gasteiger partial charge in [0, 0.05) is 179 Å². The molecule has 0 spiro atoms. The molecule has 14 heterocycles. The van der Waals surface area contributed by atoms with E-state index >= 15 is 0 Å². The van der Waals surface area contributed by atoms with Crippen LogP contribution in [0.5, 0.6) is 0 Å². The molecule has 139 heavy (non-hydrogen) atoms. The monoisotopic (exact) mass is 2280 g/mol. The first-order valence-corrected chi connectivity index (χ1v) is 77.4. The Morgan fingerprint density at radius 1 is 0.245 bits per heavy atom. The van der Waals surface area contributed by atoms with Gasteiger partial charge in [-0.2, -0.15) is 0 Å². The third-order valence-corrected chi connectivity index (χ3v) is 63.5. The average molecular weight is 2290 g/mol. The van der Waals surface area contributed by atoms with Crippen LogP contribution in [0.1, 0.15) is 169 Å². The van der Waals surface area contributed by atoms with Crippen molar-refractivity contribution in [2.75, 3.05) is 0 Å². The number of hydrogen-bond donors (Lipinski definition) is 0. The van der Waals surface area contributed by atoms with E-state index in [1.54, 1.807) is 73.4 Å². The molecule has 704 valence electrons. The Bertz CT molecular complexity index is 7740. The summed E-state index contributed by atoms with van der Waals surface area (Å²) < 4.78 is 3.35. The molecular formula is C113H96S26. The van der Waals surface area contributed by atoms with Crippen LogP contribution in [-0.4, -0.2) is 0 Å². The lowest BCUT2D eigenvalue weighted by Crippen LogP contribution is -2.03. The largest absolute Gasteiger partial charge is 0.0890 e. The van der Waals surface area contributed by atoms with Crippen molar-refractivity contribution in [1.82, 2.24) is 0 Å². The van der Waals surface area contributed by atoms with Crippen molar-refractivity contribution in [3.8, 4) is 0 Å². The minimum Gasteiger partial charge on any atom is -0.0890 e. The first-order valence-electron chi connectivity index (χ1n) is 47.5. The second-order valence-electron chi connectivity index (χ2n) is 32.2. The molecule has 26 heteroatoms. The van der Waals surface area contributed by atoms with Gasteiger partial charge in [0.25, 0.3) is 0 Å². The summed E-state index contributed by atoms with van der Waals surface area (Å²) in [5.41, 5.74) is 16.7. The molecule has 2 aliphatic carbocycles. The van der Waals surface area contributed by atoms with E-state index in [1.807, 2.05) is 299 Å². The first kappa shape index (κ1) is 101. The Morgan fingerprint density at radius 3 is 0.928 bits per heavy atom. The molecule has 14 aliphatic heterocycles. The van der Waals surface area contributed by atoms with Gasteiger partial charge in [-0.05, 0) is 214 Å². The van der Waals surface area contributed by atoms with Crippen molar-refractivity contribution in [2.24, 2.45) is 0 Å². The zero-order valence-corrected chi connectivity index (χ0v) is 100. The maximum absolute atomic E-state index is 2.40. The van der Waals surface area contributed by atoms with E-state index in [9.17, 15) is 0 Å². The molecule has 0 aromatic heterocycles. The van der Waals surface area contributed by atoms with Crippen LogP contribution in [0.25, 0.3) is 131 Å². The lowest BCUT2D eigenvalue weighted by Gasteiger charge is -2.24. The van der Waals surface area contributed by atoms with Gasteiger partial charge in [0.05, 0.1) is 10.5 Å². The molecule has 0 radical (unpaired) electrons. The molecule has 0 saturated heterocycles. The van der Waals surface area contributed by atoms with Gasteiger partial charge < -0.3 is 0 Å². The fraction of sp³-hybridized carbons (Fsp3) is 0.204. The molecule has 18 aromatic rings. The van der Waals surface area contributed by atoms with Gasteiger partial charge in [-0.3, -0.25) is 0 Å². The van der Waals surface area contributed by atoms with Gasteiger partial charge in [0.1, 0.15) is 0 Å². The van der Waals surface area contributed by atoms with Crippen molar-refractivity contribution in [1.29, 1.82) is 0 Å². The lowest BCUT2D eigenvalue weighted by molar-refractivity contribution is 0.975. The second-order valence-corrected chi connectivity index (χ2v) is 66.3. The van der Waals surface area contributed by atoms with Gasteiger partial charge in [0.15, 0.2) is 0 Å². The summed E-state index contributed by atoms with van der Waals surface area (Å²) in [5, 5.41) is 33.9. The minimum atomic E-state index is 0.306. The Balaban J connectivity index is 0.0000000925. The minimum absolute atomic E-state index is 0.306. The van der Waals surface area contributed by atoms with Crippen LogP contribution < -0.4 is 0 Å². The molecular weight excluding hydrogens is 2190 g/mol. The zero-order valence-electron chi connectivity index (χ0n) is 79.1. The molecule has 0 amide bonds. The van der Waals surface area contributed by atoms with Crippen LogP contribution in [-0.2, 0) is 30.1 Å². The molecule has 34 rings (SSSR count). The number of rotatable bonds is 2. The van der Waals surface area contributed by atoms with Crippen LogP contribution >= 0.6 is 276 Å². The van der Waals surface area contributed by atoms with Gasteiger partial charge in [0.2, 0.25) is 0 Å². The van der Waals surface area contributed by atoms with Crippen molar-refractivity contribution in [2.45, 2.75) is 244 Å². The highest BCUT2D eigenvalue weighted by Crippen LogP contribution is 2.75. The predicted molar refractivity (Wildman–Crippen MR) is 671 cm³/mol. The third-order valence-electron chi connectivity index (χ3n) is 25.8. The van der Waals surface area contributed by atoms with Crippen LogP contribution in [0.2, 0.25) is 0 Å². The topological polar surface area (TPSA) is 0 Å². The van der Waals surface area contributed by atoms with E-state index in [-0.39, 0.29) is 0 Å². The number of hydrogen-bond acceptors (Lipinski definition) is 24. The summed E-state index contributed by atoms with van der Waals surface area (Å²) in [6.45, 7) is 33.2. The van der Waals surface area contributed by atoms with Gasteiger partial charge in [-0.1, -0.05) is 525 Å². The van der Waals surface area contributed by atoms with Crippen LogP contribution in [0.3, 0.4) is 0 Å². The standard InChI is InChI=1S/C20H10S4.C18H8S4.C16H16S4.C14H4S6.C12H10S2.C11H8S2.C10H4S4.6C2H6/c1-5-13-19-14(22-21-13)7-3-11-12-4-8-16-20-15(23-24-16)6-2-10(18(12)20)9(1)17(11)19;1-2-6-10-9(5-1)15-13-14-16(10)20-22-18(14)12-8-4-3-7-11(12)17(13)21-19-15;1-5-9-10(6-2)16-12-11-13(17-19-15(9)11)7(3)8(4)14(12)18-20-16;1-2-6-10-9-5(1)15-19-13(9)11-7(17-19)3-4-8-12(11)14(10)20(16-6)18-8;1-3-9-4-2-6-11-8-14-13-7-10(5-1)12(9)11;1-3-8-4-2-6-10-11(8)9(5-1)7-12-13-10;1-2-6-10-8(14-12-6)4-3-7-9(10)5(1)11-13-7;6*1-2/h1-8,13,15H;1-8H;5-6H2,1-4H3;1-4H;1-6H,7-8H2;1-6H,7H2;1-4H;6*1-2H3. The first-order chi connectivity index (χ1) is 68.7. The van der Waals surface area contributed by atoms with Crippen LogP contribution in [0.15, 0.2) is 299 Å². The Kier molecular flexibility index (Phi) is 31.8. The number of fused-ring (bicyclic) bond motifs is 8. The molecule has 0 nitrogen and oxygen atoms in total. The Labute approximate surface area is 915 Å². The highest BCUT2D eigenvalue weighted by atomic mass is 33.5. The summed E-state index contributed by atoms with van der Waals surface area (Å²) in [4.78, 5) is 28.3. The smallest absolute Gasteiger partial charge is 0.0605 e. The van der Waals surface area contributed by atoms with Crippen molar-refractivity contribution in [3.05, 3.63) is 276 Å². The van der Waals surface area contributed by atoms with Gasteiger partial charge >= 0.3 is 0 Å². The fourth-order valence-corrected chi connectivity index (χ4v) is 61.7. The summed E-state index contributed by atoms with van der Waals surface area (Å²) in [6.07, 6.45) is 11.9. The predicted octanol–water partition coefficient (Wildman–Crippen LogP) is 48.5. The summed E-state index contributed by atoms with van der Waals surface area (Å²) in [5.74, 6) is 3.41. The average Bonchev–Trinajstić information content (AvgIpc) is 1.50. The maximum atomic E-state index is 2.40. The van der Waals surface area contributed by atoms with Crippen LogP contribution in [0.4, 0.5) is 0 Å². The summed E-state index contributed by atoms with van der Waals surface area (Å²) in [6, 6.07) is 72.1. The highest BCUT2D eigenvalue weighted by Gasteiger charge is 2.40. The third kappa shape index (κ3) is 17.0. The van der Waals surface area contributed by atoms with Crippen molar-refractivity contribution >= 4 is 407 Å². The Hall–Kier alpha value is -2.60. The normalized spacial score (nSPS) is 16.8. The lowest BCUT2D eigenvalue weighted by atomic mass is 9.82. The molecule has 2 atom stereocenters. The number of benzene rings is 18. The van der Waals surface area contributed by atoms with E-state index < -0.39 is 0 Å². The fourth-order valence-electron chi connectivity index (χ4n) is 20.1. The summed E-state index contributed by atoms with van der Waals surface area (Å²) in [7, 11) is 47.8. The molecule has 0 bridgehead atoms. The van der Waals surface area contributed by atoms with E-state index in [0.29, 0.717) is 27.6 Å². The van der Waals surface area contributed by atoms with Crippen molar-refractivity contribution in [3.63, 3.8) is 0 Å². The second kappa shape index (κ2) is 43.8. The molecule has 16 aliphatic rings. The molecule has 2 unspecified atom stereocenters. The van der Waals surface area contributed by atoms with E-state index in [2.05, 4.69) is 289 Å². The quantitative estimate of drug-likeness (QED) is 0.0697. The zero-order chi connectivity index (χ0) is 95.4. The van der Waals surface area contributed by atoms with Crippen LogP contribution in [0, 0.1) is 22.9 Å². The molecule has 0 fully saturated rings. The van der Waals surface area contributed by atoms with Gasteiger partial charge in [-0.25, -0.2) is 0 Å². The maximum Gasteiger partial charge on any atom is 0.0605 e. The molecule has 18 aromatic carbocycles. The SMILES string of the molecule is C1=CC2SSc3ccc4c(c1c1c5c6c(ccc54)SSC6C=C1)c32.CC.CC.CC.CC.CC.CC.CCc1c(CC)c2c3c(c(C)c(C)c4c3c1SS4)SS2.c1cc2c3c(ccc4c3c1SS4)SS2.c1cc2c3c(cccc3c1)CSSC2.c1cc2c3c(cccc3c1)SSC2.c1cc2c3c4c5c(ccc6c5c5c3c1SS=5S6)SS=4S2.c1ccc2c3c4c(c5ccccc5c5c4c(c2c1)SS5)SS3. The van der Waals surface area contributed by atoms with E-state index in [1.165, 1.54) is 208 Å².